The average Bonchev–Trinajstić information content (AvgIpc) is 3.29. The van der Waals surface area contributed by atoms with Crippen molar-refractivity contribution in [2.75, 3.05) is 5.32 Å². The van der Waals surface area contributed by atoms with Crippen LogP contribution in [0.2, 0.25) is 0 Å². The highest BCUT2D eigenvalue weighted by Gasteiger charge is 2.38. The van der Waals surface area contributed by atoms with Crippen LogP contribution in [-0.4, -0.2) is 28.3 Å². The van der Waals surface area contributed by atoms with Crippen LogP contribution in [0.1, 0.15) is 40.5 Å². The first-order chi connectivity index (χ1) is 12.3. The first-order valence-corrected chi connectivity index (χ1v) is 8.73. The van der Waals surface area contributed by atoms with Crippen LogP contribution in [0.5, 0.6) is 11.5 Å². The van der Waals surface area contributed by atoms with Gasteiger partial charge in [0, 0.05) is 12.1 Å². The van der Waals surface area contributed by atoms with Crippen molar-refractivity contribution in [1.29, 1.82) is 0 Å². The number of phenolic OH excluding ortho intramolecular Hbond substituents is 2. The summed E-state index contributed by atoms with van der Waals surface area (Å²) >= 11 is 0. The van der Waals surface area contributed by atoms with Gasteiger partial charge in [0.25, 0.3) is 0 Å². The van der Waals surface area contributed by atoms with Crippen molar-refractivity contribution in [3.05, 3.63) is 53.1 Å². The highest BCUT2D eigenvalue weighted by molar-refractivity contribution is 6.00. The second-order valence-corrected chi connectivity index (χ2v) is 6.93. The van der Waals surface area contributed by atoms with E-state index in [1.54, 1.807) is 0 Å². The van der Waals surface area contributed by atoms with Crippen LogP contribution in [0.4, 0.5) is 5.69 Å². The quantitative estimate of drug-likeness (QED) is 0.221. The normalized spacial score (nSPS) is 19.8. The molecule has 1 fully saturated rings. The summed E-state index contributed by atoms with van der Waals surface area (Å²) in [6, 6.07) is 3.97. The van der Waals surface area contributed by atoms with Gasteiger partial charge < -0.3 is 20.3 Å². The number of epoxide rings is 1. The number of hydrogen-bond acceptors (Lipinski definition) is 4. The van der Waals surface area contributed by atoms with Gasteiger partial charge in [-0.05, 0) is 58.2 Å². The van der Waals surface area contributed by atoms with Gasteiger partial charge in [0.1, 0.15) is 23.7 Å². The molecule has 1 aliphatic rings. The Morgan fingerprint density at radius 2 is 1.96 bits per heavy atom. The molecule has 1 aromatic carbocycles. The number of carbonyl (C=O) groups excluding carboxylic acids is 1. The lowest BCUT2D eigenvalue weighted by molar-refractivity contribution is -0.112. The summed E-state index contributed by atoms with van der Waals surface area (Å²) in [6.45, 7) is 8.12. The minimum absolute atomic E-state index is 0.0138. The van der Waals surface area contributed by atoms with Gasteiger partial charge in [-0.15, -0.1) is 0 Å². The van der Waals surface area contributed by atoms with Gasteiger partial charge in [-0.1, -0.05) is 23.3 Å². The predicted octanol–water partition coefficient (Wildman–Crippen LogP) is 4.44. The van der Waals surface area contributed by atoms with E-state index in [0.717, 1.165) is 18.4 Å². The van der Waals surface area contributed by atoms with E-state index in [9.17, 15) is 15.0 Å². The average molecular weight is 357 g/mol. The van der Waals surface area contributed by atoms with Crippen molar-refractivity contribution in [2.24, 2.45) is 0 Å². The van der Waals surface area contributed by atoms with Gasteiger partial charge in [-0.2, -0.15) is 0 Å². The first-order valence-electron chi connectivity index (χ1n) is 8.73. The van der Waals surface area contributed by atoms with Crippen molar-refractivity contribution in [2.45, 2.75) is 52.7 Å². The number of benzene rings is 1. The van der Waals surface area contributed by atoms with E-state index in [-0.39, 0.29) is 35.3 Å². The SMILES string of the molecule is CC(C)=CCCC(C)=CC1OC1C(C)=CC(=O)Nc1cc(O)ccc1O. The number of hydrogen-bond donors (Lipinski definition) is 3. The summed E-state index contributed by atoms with van der Waals surface area (Å²) in [4.78, 5) is 12.1. The number of carbonyl (C=O) groups is 1. The fraction of sp³-hybridized carbons (Fsp3) is 0.381. The molecule has 26 heavy (non-hydrogen) atoms. The first kappa shape index (κ1) is 19.8. The molecule has 1 heterocycles. The third-order valence-corrected chi connectivity index (χ3v) is 4.11. The maximum atomic E-state index is 12.1. The van der Waals surface area contributed by atoms with Gasteiger partial charge in [0.05, 0.1) is 5.69 Å². The molecule has 1 saturated heterocycles. The number of nitrogens with one attached hydrogen (secondary N) is 1. The van der Waals surface area contributed by atoms with E-state index in [4.69, 9.17) is 4.74 Å². The van der Waals surface area contributed by atoms with Crippen molar-refractivity contribution in [3.63, 3.8) is 0 Å². The molecule has 3 N–H and O–H groups in total. The van der Waals surface area contributed by atoms with Crippen LogP contribution in [0.15, 0.2) is 53.1 Å². The molecule has 5 heteroatoms. The van der Waals surface area contributed by atoms with Gasteiger partial charge >= 0.3 is 0 Å². The molecule has 0 spiro atoms. The zero-order valence-corrected chi connectivity index (χ0v) is 15.7. The molecule has 0 bridgehead atoms. The lowest BCUT2D eigenvalue weighted by atomic mass is 10.1. The van der Waals surface area contributed by atoms with Crippen LogP contribution in [0.3, 0.4) is 0 Å². The molecule has 1 aromatic rings. The van der Waals surface area contributed by atoms with E-state index in [1.807, 2.05) is 6.92 Å². The monoisotopic (exact) mass is 357 g/mol. The lowest BCUT2D eigenvalue weighted by Gasteiger charge is -2.06. The number of aromatic hydroxyl groups is 2. The number of anilines is 1. The topological polar surface area (TPSA) is 82.1 Å². The van der Waals surface area contributed by atoms with E-state index >= 15 is 0 Å². The molecule has 2 rings (SSSR count). The van der Waals surface area contributed by atoms with E-state index in [1.165, 1.54) is 35.4 Å². The summed E-state index contributed by atoms with van der Waals surface area (Å²) in [5.41, 5.74) is 3.58. The Bertz CT molecular complexity index is 757. The molecule has 2 unspecified atom stereocenters. The number of ether oxygens (including phenoxy) is 1. The van der Waals surface area contributed by atoms with Crippen molar-refractivity contribution in [3.8, 4) is 11.5 Å². The number of rotatable bonds is 7. The Kier molecular flexibility index (Phi) is 6.64. The van der Waals surface area contributed by atoms with Crippen molar-refractivity contribution >= 4 is 11.6 Å². The Labute approximate surface area is 154 Å². The van der Waals surface area contributed by atoms with Crippen molar-refractivity contribution < 1.29 is 19.7 Å². The Morgan fingerprint density at radius 1 is 1.23 bits per heavy atom. The summed E-state index contributed by atoms with van der Waals surface area (Å²) in [5, 5.41) is 21.7. The minimum Gasteiger partial charge on any atom is -0.508 e. The molecule has 1 amide bonds. The van der Waals surface area contributed by atoms with E-state index in [2.05, 4.69) is 38.2 Å². The minimum atomic E-state index is -0.373. The van der Waals surface area contributed by atoms with Crippen LogP contribution >= 0.6 is 0 Å². The largest absolute Gasteiger partial charge is 0.508 e. The second-order valence-electron chi connectivity index (χ2n) is 6.93. The standard InChI is InChI=1S/C21H27NO4/c1-13(2)6-5-7-14(3)10-19-21(26-19)15(4)11-20(25)22-17-12-16(23)8-9-18(17)24/h6,8-12,19,21,23-24H,5,7H2,1-4H3,(H,22,25). The molecule has 0 saturated carbocycles. The fourth-order valence-electron chi connectivity index (χ4n) is 2.65. The summed E-state index contributed by atoms with van der Waals surface area (Å²) in [7, 11) is 0. The van der Waals surface area contributed by atoms with Gasteiger partial charge in [0.15, 0.2) is 0 Å². The zero-order valence-electron chi connectivity index (χ0n) is 15.7. The van der Waals surface area contributed by atoms with E-state index < -0.39 is 0 Å². The van der Waals surface area contributed by atoms with Crippen molar-refractivity contribution in [1.82, 2.24) is 0 Å². The molecule has 5 nitrogen and oxygen atoms in total. The predicted molar refractivity (Wildman–Crippen MR) is 103 cm³/mol. The maximum Gasteiger partial charge on any atom is 0.248 e. The molecular formula is C21H27NO4. The third-order valence-electron chi connectivity index (χ3n) is 4.11. The van der Waals surface area contributed by atoms with Crippen LogP contribution in [0, 0.1) is 0 Å². The molecule has 0 aromatic heterocycles. The Hall–Kier alpha value is -2.53. The van der Waals surface area contributed by atoms with Gasteiger partial charge in [0.2, 0.25) is 5.91 Å². The molecule has 140 valence electrons. The summed E-state index contributed by atoms with van der Waals surface area (Å²) in [6.07, 6.45) is 7.73. The lowest BCUT2D eigenvalue weighted by Crippen LogP contribution is -2.10. The Balaban J connectivity index is 1.89. The number of allylic oxidation sites excluding steroid dienone is 3. The summed E-state index contributed by atoms with van der Waals surface area (Å²) in [5.74, 6) is -0.502. The zero-order chi connectivity index (χ0) is 19.3. The van der Waals surface area contributed by atoms with Gasteiger partial charge in [-0.3, -0.25) is 4.79 Å². The molecular weight excluding hydrogens is 330 g/mol. The fourth-order valence-corrected chi connectivity index (χ4v) is 2.65. The van der Waals surface area contributed by atoms with Crippen LogP contribution in [0.25, 0.3) is 0 Å². The molecule has 1 aliphatic heterocycles. The van der Waals surface area contributed by atoms with E-state index in [0.29, 0.717) is 0 Å². The van der Waals surface area contributed by atoms with Crippen LogP contribution in [-0.2, 0) is 9.53 Å². The molecule has 0 aliphatic carbocycles. The highest BCUT2D eigenvalue weighted by Crippen LogP contribution is 2.32. The highest BCUT2D eigenvalue weighted by atomic mass is 16.6. The third kappa shape index (κ3) is 6.08. The number of amides is 1. The molecule has 0 radical (unpaired) electrons. The summed E-state index contributed by atoms with van der Waals surface area (Å²) < 4.78 is 5.64. The Morgan fingerprint density at radius 3 is 2.65 bits per heavy atom. The van der Waals surface area contributed by atoms with Crippen LogP contribution < -0.4 is 5.32 Å². The second kappa shape index (κ2) is 8.72. The smallest absolute Gasteiger partial charge is 0.248 e. The molecule has 2 atom stereocenters. The maximum absolute atomic E-state index is 12.1. The van der Waals surface area contributed by atoms with Gasteiger partial charge in [-0.25, -0.2) is 0 Å². The number of phenols is 2.